The number of carbonyl (C=O) groups is 1. The Morgan fingerprint density at radius 1 is 1.53 bits per heavy atom. The first-order valence-corrected chi connectivity index (χ1v) is 6.83. The van der Waals surface area contributed by atoms with Crippen molar-refractivity contribution in [3.8, 4) is 0 Å². The zero-order valence-electron chi connectivity index (χ0n) is 9.87. The molecule has 0 heterocycles. The fourth-order valence-corrected chi connectivity index (χ4v) is 2.36. The van der Waals surface area contributed by atoms with Crippen LogP contribution in [-0.2, 0) is 0 Å². The highest BCUT2D eigenvalue weighted by Crippen LogP contribution is 2.31. The molecule has 0 aromatic heterocycles. The van der Waals surface area contributed by atoms with Crippen LogP contribution in [0.5, 0.6) is 0 Å². The van der Waals surface area contributed by atoms with Gasteiger partial charge in [0, 0.05) is 25.0 Å². The number of hydrogen-bond acceptors (Lipinski definition) is 4. The molecular formula is C11H16ClN3OS. The van der Waals surface area contributed by atoms with Gasteiger partial charge in [-0.3, -0.25) is 4.79 Å². The van der Waals surface area contributed by atoms with Crippen molar-refractivity contribution >= 4 is 40.6 Å². The summed E-state index contributed by atoms with van der Waals surface area (Å²) in [5, 5.41) is 0.447. The average Bonchev–Trinajstić information content (AvgIpc) is 2.24. The average molecular weight is 274 g/mol. The largest absolute Gasteiger partial charge is 0.399 e. The minimum Gasteiger partial charge on any atom is -0.399 e. The minimum atomic E-state index is -0.523. The van der Waals surface area contributed by atoms with E-state index in [0.29, 0.717) is 22.0 Å². The van der Waals surface area contributed by atoms with Crippen LogP contribution >= 0.6 is 23.4 Å². The van der Waals surface area contributed by atoms with Crippen LogP contribution in [0.2, 0.25) is 5.02 Å². The highest BCUT2D eigenvalue weighted by molar-refractivity contribution is 7.98. The third-order valence-electron chi connectivity index (χ3n) is 2.36. The van der Waals surface area contributed by atoms with E-state index in [0.717, 1.165) is 12.3 Å². The predicted octanol–water partition coefficient (Wildman–Crippen LogP) is 1.82. The fourth-order valence-electron chi connectivity index (χ4n) is 1.54. The Morgan fingerprint density at radius 3 is 2.71 bits per heavy atom. The van der Waals surface area contributed by atoms with Gasteiger partial charge in [-0.1, -0.05) is 11.6 Å². The Labute approximate surface area is 110 Å². The van der Waals surface area contributed by atoms with E-state index in [1.807, 2.05) is 18.2 Å². The number of nitrogen functional groups attached to an aromatic ring is 1. The second-order valence-electron chi connectivity index (χ2n) is 3.68. The van der Waals surface area contributed by atoms with Crippen LogP contribution in [0.15, 0.2) is 12.1 Å². The van der Waals surface area contributed by atoms with Gasteiger partial charge in [-0.05, 0) is 18.4 Å². The van der Waals surface area contributed by atoms with Crippen molar-refractivity contribution < 1.29 is 4.79 Å². The molecule has 0 radical (unpaired) electrons. The molecule has 0 spiro atoms. The first-order chi connectivity index (χ1) is 7.97. The molecule has 1 aromatic carbocycles. The predicted molar refractivity (Wildman–Crippen MR) is 76.0 cm³/mol. The summed E-state index contributed by atoms with van der Waals surface area (Å²) >= 11 is 7.84. The molecule has 0 saturated carbocycles. The molecule has 1 rings (SSSR count). The van der Waals surface area contributed by atoms with Gasteiger partial charge in [-0.15, -0.1) is 0 Å². The number of anilines is 2. The minimum absolute atomic E-state index is 0.360. The number of carbonyl (C=O) groups excluding carboxylic acids is 1. The topological polar surface area (TPSA) is 72.3 Å². The van der Waals surface area contributed by atoms with E-state index in [4.69, 9.17) is 23.1 Å². The molecule has 0 aliphatic carbocycles. The van der Waals surface area contributed by atoms with Crippen molar-refractivity contribution in [2.75, 3.05) is 36.2 Å². The Balaban J connectivity index is 3.16. The van der Waals surface area contributed by atoms with Crippen molar-refractivity contribution in [2.45, 2.75) is 0 Å². The van der Waals surface area contributed by atoms with Gasteiger partial charge in [0.15, 0.2) is 0 Å². The summed E-state index contributed by atoms with van der Waals surface area (Å²) in [6.45, 7) is 0.783. The summed E-state index contributed by atoms with van der Waals surface area (Å²) in [6.07, 6.45) is 2.02. The number of nitrogens with zero attached hydrogens (tertiary/aromatic N) is 1. The van der Waals surface area contributed by atoms with Crippen molar-refractivity contribution in [1.29, 1.82) is 0 Å². The first kappa shape index (κ1) is 14.0. The number of hydrogen-bond donors (Lipinski definition) is 2. The van der Waals surface area contributed by atoms with E-state index in [9.17, 15) is 4.79 Å². The molecular weight excluding hydrogens is 258 g/mol. The molecule has 17 heavy (non-hydrogen) atoms. The van der Waals surface area contributed by atoms with Gasteiger partial charge in [0.25, 0.3) is 5.91 Å². The normalized spacial score (nSPS) is 10.3. The maximum absolute atomic E-state index is 11.4. The van der Waals surface area contributed by atoms with Crippen LogP contribution in [0, 0.1) is 0 Å². The van der Waals surface area contributed by atoms with Crippen LogP contribution in [0.3, 0.4) is 0 Å². The number of nitrogens with two attached hydrogens (primary N) is 2. The molecule has 1 aromatic rings. The lowest BCUT2D eigenvalue weighted by atomic mass is 10.1. The van der Waals surface area contributed by atoms with E-state index >= 15 is 0 Å². The maximum atomic E-state index is 11.4. The third kappa shape index (κ3) is 3.44. The monoisotopic (exact) mass is 273 g/mol. The Kier molecular flexibility index (Phi) is 4.96. The third-order valence-corrected chi connectivity index (χ3v) is 3.24. The van der Waals surface area contributed by atoms with Crippen molar-refractivity contribution in [3.63, 3.8) is 0 Å². The molecule has 0 saturated heterocycles. The molecule has 0 aliphatic heterocycles. The summed E-state index contributed by atoms with van der Waals surface area (Å²) < 4.78 is 0. The van der Waals surface area contributed by atoms with Gasteiger partial charge in [-0.2, -0.15) is 11.8 Å². The molecule has 0 atom stereocenters. The van der Waals surface area contributed by atoms with Crippen LogP contribution in [0.4, 0.5) is 11.4 Å². The van der Waals surface area contributed by atoms with E-state index in [-0.39, 0.29) is 0 Å². The van der Waals surface area contributed by atoms with E-state index in [1.165, 1.54) is 0 Å². The number of benzene rings is 1. The van der Waals surface area contributed by atoms with Gasteiger partial charge in [-0.25, -0.2) is 0 Å². The molecule has 0 fully saturated rings. The van der Waals surface area contributed by atoms with Crippen LogP contribution in [-0.4, -0.2) is 31.5 Å². The molecule has 0 bridgehead atoms. The first-order valence-electron chi connectivity index (χ1n) is 5.06. The molecule has 4 N–H and O–H groups in total. The molecule has 94 valence electrons. The highest BCUT2D eigenvalue weighted by Gasteiger charge is 2.16. The number of thioether (sulfide) groups is 1. The summed E-state index contributed by atoms with van der Waals surface area (Å²) in [7, 11) is 1.88. The SMILES string of the molecule is CSCCN(C)c1c(Cl)cc(N)cc1C(N)=O. The summed E-state index contributed by atoms with van der Waals surface area (Å²) in [4.78, 5) is 13.3. The van der Waals surface area contributed by atoms with Gasteiger partial charge >= 0.3 is 0 Å². The second-order valence-corrected chi connectivity index (χ2v) is 5.07. The summed E-state index contributed by atoms with van der Waals surface area (Å²) in [5.74, 6) is 0.417. The van der Waals surface area contributed by atoms with E-state index in [1.54, 1.807) is 23.9 Å². The summed E-state index contributed by atoms with van der Waals surface area (Å²) in [6, 6.07) is 3.18. The van der Waals surface area contributed by atoms with Crippen molar-refractivity contribution in [2.24, 2.45) is 5.73 Å². The van der Waals surface area contributed by atoms with Crippen LogP contribution in [0.25, 0.3) is 0 Å². The highest BCUT2D eigenvalue weighted by atomic mass is 35.5. The lowest BCUT2D eigenvalue weighted by Gasteiger charge is -2.22. The Bertz CT molecular complexity index is 425. The fraction of sp³-hybridized carbons (Fsp3) is 0.364. The summed E-state index contributed by atoms with van der Waals surface area (Å²) in [5.41, 5.74) is 12.4. The second kappa shape index (κ2) is 6.02. The van der Waals surface area contributed by atoms with Gasteiger partial charge in [0.1, 0.15) is 0 Å². The van der Waals surface area contributed by atoms with Crippen molar-refractivity contribution in [3.05, 3.63) is 22.7 Å². The van der Waals surface area contributed by atoms with Crippen molar-refractivity contribution in [1.82, 2.24) is 0 Å². The zero-order valence-corrected chi connectivity index (χ0v) is 11.4. The smallest absolute Gasteiger partial charge is 0.250 e. The number of halogens is 1. The number of amides is 1. The van der Waals surface area contributed by atoms with Gasteiger partial charge in [0.05, 0.1) is 16.3 Å². The van der Waals surface area contributed by atoms with E-state index in [2.05, 4.69) is 0 Å². The number of rotatable bonds is 5. The molecule has 4 nitrogen and oxygen atoms in total. The zero-order chi connectivity index (χ0) is 13.0. The lowest BCUT2D eigenvalue weighted by molar-refractivity contribution is 0.100. The van der Waals surface area contributed by atoms with Crippen LogP contribution < -0.4 is 16.4 Å². The lowest BCUT2D eigenvalue weighted by Crippen LogP contribution is -2.25. The molecule has 0 unspecified atom stereocenters. The van der Waals surface area contributed by atoms with E-state index < -0.39 is 5.91 Å². The van der Waals surface area contributed by atoms with Crippen LogP contribution in [0.1, 0.15) is 10.4 Å². The molecule has 1 amide bonds. The molecule has 0 aliphatic rings. The van der Waals surface area contributed by atoms with Gasteiger partial charge in [0.2, 0.25) is 0 Å². The maximum Gasteiger partial charge on any atom is 0.250 e. The van der Waals surface area contributed by atoms with Gasteiger partial charge < -0.3 is 16.4 Å². The Hall–Kier alpha value is -1.07. The quantitative estimate of drug-likeness (QED) is 0.803. The Morgan fingerprint density at radius 2 is 2.18 bits per heavy atom. The standard InChI is InChI=1S/C11H16ClN3OS/c1-15(3-4-17-2)10-8(11(14)16)5-7(13)6-9(10)12/h5-6H,3-4,13H2,1-2H3,(H2,14,16). The molecule has 6 heteroatoms. The number of primary amides is 1.